The summed E-state index contributed by atoms with van der Waals surface area (Å²) in [5.41, 5.74) is 1.01. The SMILES string of the molecule is O=C(COc1c(Br)cc(Cl)cc1C=Nn1c(C2CCCCC2)nc2ccccc2c1=O)N1CCOCC1. The summed E-state index contributed by atoms with van der Waals surface area (Å²) in [7, 11) is 0. The predicted octanol–water partition coefficient (Wildman–Crippen LogP) is 4.98. The van der Waals surface area contributed by atoms with Gasteiger partial charge in [0.25, 0.3) is 11.5 Å². The summed E-state index contributed by atoms with van der Waals surface area (Å²) in [6.07, 6.45) is 6.90. The van der Waals surface area contributed by atoms with Gasteiger partial charge in [-0.1, -0.05) is 43.0 Å². The van der Waals surface area contributed by atoms with E-state index < -0.39 is 0 Å². The minimum atomic E-state index is -0.214. The molecule has 0 atom stereocenters. The first-order valence-corrected chi connectivity index (χ1v) is 13.7. The quantitative estimate of drug-likeness (QED) is 0.380. The Labute approximate surface area is 228 Å². The molecule has 2 aliphatic rings. The summed E-state index contributed by atoms with van der Waals surface area (Å²) >= 11 is 9.83. The Hall–Kier alpha value is -2.75. The van der Waals surface area contributed by atoms with Crippen LogP contribution in [0.3, 0.4) is 0 Å². The molecule has 1 amide bonds. The van der Waals surface area contributed by atoms with Crippen LogP contribution in [0.25, 0.3) is 10.9 Å². The number of hydrogen-bond donors (Lipinski definition) is 0. The zero-order chi connectivity index (χ0) is 25.8. The summed E-state index contributed by atoms with van der Waals surface area (Å²) in [6.45, 7) is 1.99. The van der Waals surface area contributed by atoms with Crippen molar-refractivity contribution in [2.75, 3.05) is 32.9 Å². The highest BCUT2D eigenvalue weighted by Gasteiger charge is 2.23. The van der Waals surface area contributed by atoms with E-state index in [0.717, 1.165) is 25.7 Å². The minimum Gasteiger partial charge on any atom is -0.482 e. The predicted molar refractivity (Wildman–Crippen MR) is 147 cm³/mol. The van der Waals surface area contributed by atoms with E-state index in [1.165, 1.54) is 11.1 Å². The van der Waals surface area contributed by atoms with Crippen molar-refractivity contribution in [3.8, 4) is 5.75 Å². The van der Waals surface area contributed by atoms with Crippen LogP contribution in [0.4, 0.5) is 0 Å². The molecule has 1 aliphatic carbocycles. The van der Waals surface area contributed by atoms with Crippen LogP contribution >= 0.6 is 27.5 Å². The maximum absolute atomic E-state index is 13.5. The van der Waals surface area contributed by atoms with Crippen molar-refractivity contribution in [3.63, 3.8) is 0 Å². The Morgan fingerprint density at radius 3 is 2.73 bits per heavy atom. The molecule has 0 unspecified atom stereocenters. The number of amides is 1. The number of fused-ring (bicyclic) bond motifs is 1. The molecule has 0 bridgehead atoms. The average Bonchev–Trinajstić information content (AvgIpc) is 2.92. The molecule has 37 heavy (non-hydrogen) atoms. The van der Waals surface area contributed by atoms with E-state index >= 15 is 0 Å². The van der Waals surface area contributed by atoms with Gasteiger partial charge in [-0.15, -0.1) is 0 Å². The van der Waals surface area contributed by atoms with Gasteiger partial charge >= 0.3 is 0 Å². The van der Waals surface area contributed by atoms with E-state index in [2.05, 4.69) is 21.0 Å². The molecule has 2 aromatic carbocycles. The number of carbonyl (C=O) groups excluding carboxylic acids is 1. The van der Waals surface area contributed by atoms with Crippen LogP contribution in [0.1, 0.15) is 49.4 Å². The molecule has 8 nitrogen and oxygen atoms in total. The highest BCUT2D eigenvalue weighted by Crippen LogP contribution is 2.33. The first-order chi connectivity index (χ1) is 18.0. The van der Waals surface area contributed by atoms with Crippen LogP contribution in [0.2, 0.25) is 5.02 Å². The lowest BCUT2D eigenvalue weighted by atomic mass is 9.88. The van der Waals surface area contributed by atoms with Gasteiger partial charge in [-0.25, -0.2) is 4.98 Å². The van der Waals surface area contributed by atoms with Gasteiger partial charge in [0.15, 0.2) is 6.61 Å². The van der Waals surface area contributed by atoms with E-state index in [4.69, 9.17) is 26.1 Å². The van der Waals surface area contributed by atoms with Gasteiger partial charge in [-0.2, -0.15) is 9.78 Å². The van der Waals surface area contributed by atoms with E-state index in [0.29, 0.717) is 63.8 Å². The molecular weight excluding hydrogens is 560 g/mol. The molecule has 3 aromatic rings. The van der Waals surface area contributed by atoms with Gasteiger partial charge in [0.2, 0.25) is 0 Å². The highest BCUT2D eigenvalue weighted by atomic mass is 79.9. The number of aromatic nitrogens is 2. The van der Waals surface area contributed by atoms with E-state index in [1.807, 2.05) is 18.2 Å². The summed E-state index contributed by atoms with van der Waals surface area (Å²) in [6, 6.07) is 10.7. The van der Waals surface area contributed by atoms with Crippen LogP contribution < -0.4 is 10.3 Å². The Balaban J connectivity index is 1.49. The van der Waals surface area contributed by atoms with Gasteiger partial charge in [0, 0.05) is 29.6 Å². The van der Waals surface area contributed by atoms with Crippen LogP contribution in [-0.2, 0) is 9.53 Å². The number of nitrogens with zero attached hydrogens (tertiary/aromatic N) is 4. The molecule has 2 fully saturated rings. The standard InChI is InChI=1S/C27H28BrClN4O4/c28-22-15-20(29)14-19(25(22)37-17-24(34)32-10-12-36-13-11-32)16-30-33-26(18-6-2-1-3-7-18)31-23-9-5-4-8-21(23)27(33)35/h4-5,8-9,14-16,18H,1-3,6-7,10-13,17H2. The zero-order valence-corrected chi connectivity index (χ0v) is 22.7. The first kappa shape index (κ1) is 25.9. The van der Waals surface area contributed by atoms with Crippen LogP contribution in [0.15, 0.2) is 50.8 Å². The molecule has 0 spiro atoms. The normalized spacial score (nSPS) is 17.0. The number of carbonyl (C=O) groups is 1. The van der Waals surface area contributed by atoms with Crippen molar-refractivity contribution < 1.29 is 14.3 Å². The molecule has 1 aliphatic heterocycles. The maximum atomic E-state index is 13.5. The molecular formula is C27H28BrClN4O4. The minimum absolute atomic E-state index is 0.123. The van der Waals surface area contributed by atoms with Gasteiger partial charge < -0.3 is 14.4 Å². The van der Waals surface area contributed by atoms with Crippen molar-refractivity contribution in [1.29, 1.82) is 0 Å². The fourth-order valence-corrected chi connectivity index (χ4v) is 5.81. The van der Waals surface area contributed by atoms with Crippen molar-refractivity contribution in [2.45, 2.75) is 38.0 Å². The van der Waals surface area contributed by atoms with E-state index in [9.17, 15) is 9.59 Å². The molecule has 1 saturated heterocycles. The number of para-hydroxylation sites is 1. The molecule has 1 aromatic heterocycles. The lowest BCUT2D eigenvalue weighted by molar-refractivity contribution is -0.137. The van der Waals surface area contributed by atoms with Gasteiger partial charge in [0.1, 0.15) is 11.6 Å². The van der Waals surface area contributed by atoms with E-state index in [-0.39, 0.29) is 24.0 Å². The second kappa shape index (κ2) is 11.8. The average molecular weight is 588 g/mol. The Morgan fingerprint density at radius 1 is 1.19 bits per heavy atom. The molecule has 2 heterocycles. The molecule has 1 saturated carbocycles. The topological polar surface area (TPSA) is 86.0 Å². The molecule has 194 valence electrons. The summed E-state index contributed by atoms with van der Waals surface area (Å²) in [5.74, 6) is 1.14. The lowest BCUT2D eigenvalue weighted by Gasteiger charge is -2.27. The Kier molecular flexibility index (Phi) is 8.22. The zero-order valence-electron chi connectivity index (χ0n) is 20.4. The third-order valence-corrected chi connectivity index (χ3v) is 7.61. The molecule has 5 rings (SSSR count). The number of halogens is 2. The second-order valence-electron chi connectivity index (χ2n) is 9.27. The summed E-state index contributed by atoms with van der Waals surface area (Å²) < 4.78 is 13.3. The number of hydrogen-bond acceptors (Lipinski definition) is 6. The van der Waals surface area contributed by atoms with Crippen LogP contribution in [-0.4, -0.2) is 59.6 Å². The number of benzene rings is 2. The maximum Gasteiger partial charge on any atom is 0.282 e. The monoisotopic (exact) mass is 586 g/mol. The highest BCUT2D eigenvalue weighted by molar-refractivity contribution is 9.10. The second-order valence-corrected chi connectivity index (χ2v) is 10.6. The molecule has 10 heteroatoms. The Morgan fingerprint density at radius 2 is 1.95 bits per heavy atom. The third-order valence-electron chi connectivity index (χ3n) is 6.80. The van der Waals surface area contributed by atoms with E-state index in [1.54, 1.807) is 29.3 Å². The van der Waals surface area contributed by atoms with Crippen molar-refractivity contribution in [3.05, 3.63) is 67.6 Å². The summed E-state index contributed by atoms with van der Waals surface area (Å²) in [5, 5.41) is 5.59. The van der Waals surface area contributed by atoms with Gasteiger partial charge in [-0.3, -0.25) is 9.59 Å². The van der Waals surface area contributed by atoms with Crippen LogP contribution in [0.5, 0.6) is 5.75 Å². The smallest absolute Gasteiger partial charge is 0.282 e. The van der Waals surface area contributed by atoms with Gasteiger partial charge in [-0.05, 0) is 53.0 Å². The van der Waals surface area contributed by atoms with Crippen molar-refractivity contribution in [2.24, 2.45) is 5.10 Å². The molecule has 0 N–H and O–H groups in total. The van der Waals surface area contributed by atoms with Crippen molar-refractivity contribution in [1.82, 2.24) is 14.6 Å². The van der Waals surface area contributed by atoms with Crippen molar-refractivity contribution >= 4 is 50.6 Å². The largest absolute Gasteiger partial charge is 0.482 e. The summed E-state index contributed by atoms with van der Waals surface area (Å²) in [4.78, 5) is 32.7. The number of morpholine rings is 1. The number of ether oxygens (including phenoxy) is 2. The fraction of sp³-hybridized carbons (Fsp3) is 0.407. The van der Waals surface area contributed by atoms with Crippen LogP contribution in [0, 0.1) is 0 Å². The number of rotatable bonds is 6. The lowest BCUT2D eigenvalue weighted by Crippen LogP contribution is -2.43. The fourth-order valence-electron chi connectivity index (χ4n) is 4.86. The molecule has 0 radical (unpaired) electrons. The van der Waals surface area contributed by atoms with Gasteiger partial charge in [0.05, 0.1) is 34.8 Å². The third kappa shape index (κ3) is 5.89. The Bertz CT molecular complexity index is 1380. The first-order valence-electron chi connectivity index (χ1n) is 12.5.